The Morgan fingerprint density at radius 3 is 1.41 bits per heavy atom. The average Bonchev–Trinajstić information content (AvgIpc) is 3.69. The minimum atomic E-state index is -0.580. The molecule has 0 radical (unpaired) electrons. The highest BCUT2D eigenvalue weighted by Gasteiger charge is 2.51. The summed E-state index contributed by atoms with van der Waals surface area (Å²) in [5.74, 6) is 1.88. The standard InChI is InChI=1S/C62H40N4/c1-4-20-41(21-5-1)46-38-39-52(48-28-12-11-27-47(46)48)61-64-59(42-22-6-2-7-23-42)63-60(65-61)51-30-13-10-26-45(51)43-36-37-50-49-29-14-15-31-53(49)62(56(50)40-43)54-32-16-18-34-57(54)66(44-24-8-3-9-25-44)58-35-19-17-33-55(58)62/h1-40H. The van der Waals surface area contributed by atoms with E-state index in [1.165, 1.54) is 55.9 Å². The smallest absolute Gasteiger partial charge is 0.164 e. The quantitative estimate of drug-likeness (QED) is 0.167. The third-order valence-electron chi connectivity index (χ3n) is 13.6. The highest BCUT2D eigenvalue weighted by molar-refractivity contribution is 6.04. The van der Waals surface area contributed by atoms with E-state index >= 15 is 0 Å². The first-order chi connectivity index (χ1) is 32.8. The number of hydrogen-bond acceptors (Lipinski definition) is 4. The van der Waals surface area contributed by atoms with E-state index in [0.717, 1.165) is 44.3 Å². The molecule has 2 heterocycles. The maximum Gasteiger partial charge on any atom is 0.164 e. The lowest BCUT2D eigenvalue weighted by atomic mass is 9.64. The lowest BCUT2D eigenvalue weighted by molar-refractivity contribution is 0.753. The molecular formula is C62H40N4. The van der Waals surface area contributed by atoms with Crippen molar-refractivity contribution in [2.75, 3.05) is 4.90 Å². The molecule has 0 atom stereocenters. The number of benzene rings is 10. The van der Waals surface area contributed by atoms with Crippen molar-refractivity contribution in [1.82, 2.24) is 15.0 Å². The van der Waals surface area contributed by atoms with Crippen LogP contribution in [0.2, 0.25) is 0 Å². The molecule has 0 saturated carbocycles. The number of rotatable bonds is 6. The molecule has 0 fully saturated rings. The van der Waals surface area contributed by atoms with Gasteiger partial charge in [-0.25, -0.2) is 15.0 Å². The molecule has 1 aliphatic carbocycles. The van der Waals surface area contributed by atoms with Crippen LogP contribution in [0.25, 0.3) is 78.3 Å². The highest BCUT2D eigenvalue weighted by atomic mass is 15.2. The molecule has 0 saturated heterocycles. The summed E-state index contributed by atoms with van der Waals surface area (Å²) in [7, 11) is 0. The van der Waals surface area contributed by atoms with E-state index in [2.05, 4.69) is 229 Å². The van der Waals surface area contributed by atoms with Crippen molar-refractivity contribution in [3.63, 3.8) is 0 Å². The van der Waals surface area contributed by atoms with Gasteiger partial charge in [0, 0.05) is 22.4 Å². The van der Waals surface area contributed by atoms with Gasteiger partial charge in [-0.1, -0.05) is 206 Å². The van der Waals surface area contributed by atoms with Crippen molar-refractivity contribution in [3.8, 4) is 67.5 Å². The second-order valence-corrected chi connectivity index (χ2v) is 17.1. The molecule has 13 rings (SSSR count). The molecule has 4 nitrogen and oxygen atoms in total. The number of fused-ring (bicyclic) bond motifs is 10. The van der Waals surface area contributed by atoms with Crippen molar-refractivity contribution >= 4 is 27.8 Å². The zero-order valence-corrected chi connectivity index (χ0v) is 35.9. The summed E-state index contributed by atoms with van der Waals surface area (Å²) >= 11 is 0. The maximum atomic E-state index is 5.40. The monoisotopic (exact) mass is 840 g/mol. The SMILES string of the molecule is c1ccc(-c2nc(-c3ccccc3-c3ccc4c(c3)C3(c5ccccc5-4)c4ccccc4N(c4ccccc4)c4ccccc43)nc(-c3ccc(-c4ccccc4)c4ccccc34)n2)cc1. The molecule has 0 unspecified atom stereocenters. The summed E-state index contributed by atoms with van der Waals surface area (Å²) in [5.41, 5.74) is 17.8. The van der Waals surface area contributed by atoms with Crippen LogP contribution in [0.1, 0.15) is 22.3 Å². The Bertz CT molecular complexity index is 3610. The van der Waals surface area contributed by atoms with Crippen molar-refractivity contribution < 1.29 is 0 Å². The summed E-state index contributed by atoms with van der Waals surface area (Å²) in [6.07, 6.45) is 0. The van der Waals surface area contributed by atoms with E-state index in [1.54, 1.807) is 0 Å². The van der Waals surface area contributed by atoms with E-state index in [4.69, 9.17) is 15.0 Å². The number of para-hydroxylation sites is 3. The zero-order chi connectivity index (χ0) is 43.6. The molecular weight excluding hydrogens is 801 g/mol. The van der Waals surface area contributed by atoms with Crippen LogP contribution in [0.4, 0.5) is 17.1 Å². The number of nitrogens with zero attached hydrogens (tertiary/aromatic N) is 4. The van der Waals surface area contributed by atoms with E-state index in [1.807, 2.05) is 18.2 Å². The van der Waals surface area contributed by atoms with Gasteiger partial charge in [0.15, 0.2) is 17.5 Å². The number of aromatic nitrogens is 3. The summed E-state index contributed by atoms with van der Waals surface area (Å²) in [4.78, 5) is 18.3. The molecule has 66 heavy (non-hydrogen) atoms. The lowest BCUT2D eigenvalue weighted by Crippen LogP contribution is -2.36. The lowest BCUT2D eigenvalue weighted by Gasteiger charge is -2.45. The summed E-state index contributed by atoms with van der Waals surface area (Å²) < 4.78 is 0. The first-order valence-electron chi connectivity index (χ1n) is 22.5. The van der Waals surface area contributed by atoms with Crippen molar-refractivity contribution in [2.45, 2.75) is 5.41 Å². The molecule has 1 aromatic heterocycles. The maximum absolute atomic E-state index is 5.40. The van der Waals surface area contributed by atoms with E-state index in [9.17, 15) is 0 Å². The van der Waals surface area contributed by atoms with E-state index in [-0.39, 0.29) is 0 Å². The Labute approximate surface area is 383 Å². The minimum absolute atomic E-state index is 0.580. The van der Waals surface area contributed by atoms with Crippen LogP contribution in [0, 0.1) is 0 Å². The largest absolute Gasteiger partial charge is 0.310 e. The number of hydrogen-bond donors (Lipinski definition) is 0. The van der Waals surface area contributed by atoms with Gasteiger partial charge >= 0.3 is 0 Å². The molecule has 0 amide bonds. The van der Waals surface area contributed by atoms with Crippen molar-refractivity contribution in [3.05, 3.63) is 265 Å². The Balaban J connectivity index is 1.02. The molecule has 308 valence electrons. The summed E-state index contributed by atoms with van der Waals surface area (Å²) in [6, 6.07) is 87.0. The zero-order valence-electron chi connectivity index (χ0n) is 35.9. The van der Waals surface area contributed by atoms with Crippen LogP contribution < -0.4 is 4.90 Å². The Hall–Kier alpha value is -8.73. The third kappa shape index (κ3) is 5.75. The first-order valence-corrected chi connectivity index (χ1v) is 22.5. The first kappa shape index (κ1) is 37.8. The predicted octanol–water partition coefficient (Wildman–Crippen LogP) is 15.5. The van der Waals surface area contributed by atoms with Gasteiger partial charge in [0.2, 0.25) is 0 Å². The fourth-order valence-corrected chi connectivity index (χ4v) is 10.8. The van der Waals surface area contributed by atoms with Crippen LogP contribution in [0.5, 0.6) is 0 Å². The van der Waals surface area contributed by atoms with Gasteiger partial charge in [0.1, 0.15) is 0 Å². The van der Waals surface area contributed by atoms with Gasteiger partial charge in [-0.2, -0.15) is 0 Å². The molecule has 4 heteroatoms. The van der Waals surface area contributed by atoms with Gasteiger partial charge in [0.25, 0.3) is 0 Å². The van der Waals surface area contributed by atoms with Gasteiger partial charge in [-0.3, -0.25) is 0 Å². The molecule has 2 aliphatic rings. The molecule has 10 aromatic carbocycles. The topological polar surface area (TPSA) is 41.9 Å². The fraction of sp³-hybridized carbons (Fsp3) is 0.0161. The van der Waals surface area contributed by atoms with Crippen molar-refractivity contribution in [1.29, 1.82) is 0 Å². The molecule has 1 spiro atoms. The summed E-state index contributed by atoms with van der Waals surface area (Å²) in [5, 5.41) is 2.24. The molecule has 1 aliphatic heterocycles. The van der Waals surface area contributed by atoms with Gasteiger partial charge in [-0.05, 0) is 103 Å². The Kier molecular flexibility index (Phi) is 8.72. The Morgan fingerprint density at radius 1 is 0.273 bits per heavy atom. The summed E-state index contributed by atoms with van der Waals surface area (Å²) in [6.45, 7) is 0. The molecule has 0 N–H and O–H groups in total. The number of anilines is 3. The molecule has 0 bridgehead atoms. The molecule has 11 aromatic rings. The van der Waals surface area contributed by atoms with Crippen LogP contribution in [0.3, 0.4) is 0 Å². The van der Waals surface area contributed by atoms with Crippen LogP contribution >= 0.6 is 0 Å². The van der Waals surface area contributed by atoms with Crippen molar-refractivity contribution in [2.24, 2.45) is 0 Å². The Morgan fingerprint density at radius 2 is 0.727 bits per heavy atom. The highest BCUT2D eigenvalue weighted by Crippen LogP contribution is 2.63. The van der Waals surface area contributed by atoms with E-state index in [0.29, 0.717) is 17.5 Å². The van der Waals surface area contributed by atoms with E-state index < -0.39 is 5.41 Å². The van der Waals surface area contributed by atoms with Crippen LogP contribution in [0.15, 0.2) is 243 Å². The second kappa shape index (κ2) is 15.2. The fourth-order valence-electron chi connectivity index (χ4n) is 10.8. The minimum Gasteiger partial charge on any atom is -0.310 e. The van der Waals surface area contributed by atoms with Crippen LogP contribution in [-0.4, -0.2) is 15.0 Å². The third-order valence-corrected chi connectivity index (χ3v) is 13.6. The normalized spacial score (nSPS) is 12.9. The predicted molar refractivity (Wildman–Crippen MR) is 270 cm³/mol. The van der Waals surface area contributed by atoms with Gasteiger partial charge in [-0.15, -0.1) is 0 Å². The van der Waals surface area contributed by atoms with Gasteiger partial charge < -0.3 is 4.90 Å². The van der Waals surface area contributed by atoms with Crippen LogP contribution in [-0.2, 0) is 5.41 Å². The average molecular weight is 841 g/mol. The second-order valence-electron chi connectivity index (χ2n) is 17.1. The van der Waals surface area contributed by atoms with Gasteiger partial charge in [0.05, 0.1) is 16.8 Å².